The summed E-state index contributed by atoms with van der Waals surface area (Å²) >= 11 is 0.690. The van der Waals surface area contributed by atoms with Gasteiger partial charge in [0, 0.05) is 23.5 Å². The zero-order valence-corrected chi connectivity index (χ0v) is 9.42. The van der Waals surface area contributed by atoms with Gasteiger partial charge in [-0.15, -0.1) is 0 Å². The highest BCUT2D eigenvalue weighted by atomic mass is 32.3. The monoisotopic (exact) mass is 249 g/mol. The fourth-order valence-corrected chi connectivity index (χ4v) is 2.02. The molecule has 0 saturated carbocycles. The Labute approximate surface area is 92.8 Å². The van der Waals surface area contributed by atoms with E-state index in [0.29, 0.717) is 29.9 Å². The molecular weight excluding hydrogens is 238 g/mol. The first kappa shape index (κ1) is 12.3. The molecule has 0 radical (unpaired) electrons. The van der Waals surface area contributed by atoms with E-state index >= 15 is 0 Å². The minimum atomic E-state index is -4.34. The van der Waals surface area contributed by atoms with E-state index in [1.807, 2.05) is 12.1 Å². The Morgan fingerprint density at radius 2 is 1.93 bits per heavy atom. The maximum absolute atomic E-state index is 10.2. The van der Waals surface area contributed by atoms with Crippen molar-refractivity contribution in [2.24, 2.45) is 0 Å². The molecular formula is C8H11NO4S2. The number of rotatable bonds is 5. The van der Waals surface area contributed by atoms with Crippen LogP contribution in [0.25, 0.3) is 0 Å². The Morgan fingerprint density at radius 3 is 2.47 bits per heavy atom. The van der Waals surface area contributed by atoms with Gasteiger partial charge >= 0.3 is 10.4 Å². The van der Waals surface area contributed by atoms with Gasteiger partial charge in [0.2, 0.25) is 0 Å². The van der Waals surface area contributed by atoms with Gasteiger partial charge in [-0.05, 0) is 24.1 Å². The molecule has 0 atom stereocenters. The first-order valence-corrected chi connectivity index (χ1v) is 6.38. The first-order chi connectivity index (χ1) is 6.97. The zero-order valence-electron chi connectivity index (χ0n) is 7.79. The van der Waals surface area contributed by atoms with Gasteiger partial charge in [-0.25, -0.2) is 0 Å². The Morgan fingerprint density at radius 1 is 1.33 bits per heavy atom. The van der Waals surface area contributed by atoms with Gasteiger partial charge in [0.1, 0.15) is 0 Å². The van der Waals surface area contributed by atoms with E-state index in [0.717, 1.165) is 5.56 Å². The fraction of sp³-hybridized carbons (Fsp3) is 0.250. The van der Waals surface area contributed by atoms with Crippen molar-refractivity contribution in [1.29, 1.82) is 0 Å². The minimum Gasteiger partial charge on any atom is -0.399 e. The molecule has 1 aromatic carbocycles. The van der Waals surface area contributed by atoms with Gasteiger partial charge < -0.3 is 5.73 Å². The molecule has 0 heterocycles. The molecule has 0 fully saturated rings. The molecule has 0 aromatic heterocycles. The molecule has 3 N–H and O–H groups in total. The molecule has 15 heavy (non-hydrogen) atoms. The SMILES string of the molecule is Nc1ccc(CCSOS(=O)(=O)O)cc1. The van der Waals surface area contributed by atoms with Crippen LogP contribution in [-0.2, 0) is 20.4 Å². The first-order valence-electron chi connectivity index (χ1n) is 4.10. The average molecular weight is 249 g/mol. The molecule has 1 aromatic rings. The lowest BCUT2D eigenvalue weighted by Gasteiger charge is -2.00. The summed E-state index contributed by atoms with van der Waals surface area (Å²) < 4.78 is 32.7. The molecule has 0 amide bonds. The molecule has 0 bridgehead atoms. The minimum absolute atomic E-state index is 0.434. The number of anilines is 1. The predicted molar refractivity (Wildman–Crippen MR) is 59.7 cm³/mol. The molecule has 0 unspecified atom stereocenters. The van der Waals surface area contributed by atoms with Gasteiger partial charge in [-0.3, -0.25) is 4.55 Å². The van der Waals surface area contributed by atoms with Gasteiger partial charge in [0.05, 0.1) is 0 Å². The molecule has 1 rings (SSSR count). The van der Waals surface area contributed by atoms with Crippen LogP contribution in [0.1, 0.15) is 5.56 Å². The van der Waals surface area contributed by atoms with E-state index in [-0.39, 0.29) is 0 Å². The lowest BCUT2D eigenvalue weighted by Crippen LogP contribution is -1.98. The van der Waals surface area contributed by atoms with E-state index in [1.54, 1.807) is 12.1 Å². The quantitative estimate of drug-likeness (QED) is 0.353. The smallest absolute Gasteiger partial charge is 0.399 e. The molecule has 5 nitrogen and oxygen atoms in total. The normalized spacial score (nSPS) is 11.5. The highest BCUT2D eigenvalue weighted by Crippen LogP contribution is 2.12. The second-order valence-electron chi connectivity index (χ2n) is 2.81. The summed E-state index contributed by atoms with van der Waals surface area (Å²) in [5, 5.41) is 0. The van der Waals surface area contributed by atoms with Crippen LogP contribution in [0.15, 0.2) is 24.3 Å². The largest absolute Gasteiger partial charge is 0.408 e. The van der Waals surface area contributed by atoms with Crippen molar-refractivity contribution in [3.05, 3.63) is 29.8 Å². The van der Waals surface area contributed by atoms with Crippen molar-refractivity contribution in [3.63, 3.8) is 0 Å². The Kier molecular flexibility index (Phi) is 4.40. The number of hydrogen-bond donors (Lipinski definition) is 2. The van der Waals surface area contributed by atoms with Crippen molar-refractivity contribution < 1.29 is 16.6 Å². The summed E-state index contributed by atoms with van der Waals surface area (Å²) in [6.45, 7) is 0. The summed E-state index contributed by atoms with van der Waals surface area (Å²) in [5.74, 6) is 0.434. The summed E-state index contributed by atoms with van der Waals surface area (Å²) in [6.07, 6.45) is 0.639. The van der Waals surface area contributed by atoms with Crippen LogP contribution >= 0.6 is 12.0 Å². The summed E-state index contributed by atoms with van der Waals surface area (Å²) in [5.41, 5.74) is 7.20. The van der Waals surface area contributed by atoms with Crippen LogP contribution < -0.4 is 5.73 Å². The van der Waals surface area contributed by atoms with E-state index in [2.05, 4.69) is 3.63 Å². The van der Waals surface area contributed by atoms with Gasteiger partial charge in [-0.1, -0.05) is 12.1 Å². The van der Waals surface area contributed by atoms with Crippen LogP contribution in [0.2, 0.25) is 0 Å². The Balaban J connectivity index is 2.29. The molecule has 7 heteroatoms. The van der Waals surface area contributed by atoms with Gasteiger partial charge in [0.15, 0.2) is 0 Å². The van der Waals surface area contributed by atoms with Crippen molar-refractivity contribution in [1.82, 2.24) is 0 Å². The topological polar surface area (TPSA) is 89.6 Å². The van der Waals surface area contributed by atoms with Crippen LogP contribution in [0.4, 0.5) is 5.69 Å². The highest BCUT2D eigenvalue weighted by Gasteiger charge is 2.04. The van der Waals surface area contributed by atoms with Crippen LogP contribution in [0.5, 0.6) is 0 Å². The van der Waals surface area contributed by atoms with Gasteiger partial charge in [-0.2, -0.15) is 12.0 Å². The van der Waals surface area contributed by atoms with E-state index in [1.165, 1.54) is 0 Å². The molecule has 0 saturated heterocycles. The van der Waals surface area contributed by atoms with Gasteiger partial charge in [0.25, 0.3) is 0 Å². The van der Waals surface area contributed by atoms with Crippen molar-refractivity contribution in [2.75, 3.05) is 11.5 Å². The molecule has 0 aliphatic heterocycles. The van der Waals surface area contributed by atoms with Crippen molar-refractivity contribution in [3.8, 4) is 0 Å². The number of hydrogen-bond acceptors (Lipinski definition) is 5. The third-order valence-electron chi connectivity index (χ3n) is 1.59. The van der Waals surface area contributed by atoms with Crippen LogP contribution in [-0.4, -0.2) is 18.7 Å². The van der Waals surface area contributed by atoms with Crippen molar-refractivity contribution >= 4 is 28.1 Å². The average Bonchev–Trinajstić information content (AvgIpc) is 2.14. The third kappa shape index (κ3) is 5.63. The number of nitrogens with two attached hydrogens (primary N) is 1. The molecule has 0 aliphatic carbocycles. The molecule has 0 aliphatic rings. The number of nitrogen functional groups attached to an aromatic ring is 1. The maximum Gasteiger partial charge on any atom is 0.408 e. The van der Waals surface area contributed by atoms with E-state index < -0.39 is 10.4 Å². The Bertz CT molecular complexity index is 401. The van der Waals surface area contributed by atoms with Crippen LogP contribution in [0, 0.1) is 0 Å². The second kappa shape index (κ2) is 5.36. The lowest BCUT2D eigenvalue weighted by atomic mass is 10.2. The second-order valence-corrected chi connectivity index (χ2v) is 4.85. The van der Waals surface area contributed by atoms with E-state index in [4.69, 9.17) is 10.3 Å². The standard InChI is InChI=1S/C8H11NO4S2/c9-8-3-1-7(2-4-8)5-6-14-13-15(10,11)12/h1-4H,5-6,9H2,(H,10,11,12). The highest BCUT2D eigenvalue weighted by molar-refractivity contribution is 8.02. The van der Waals surface area contributed by atoms with E-state index in [9.17, 15) is 8.42 Å². The third-order valence-corrected chi connectivity index (χ3v) is 3.03. The zero-order chi connectivity index (χ0) is 11.3. The maximum atomic E-state index is 10.2. The Hall–Kier alpha value is -0.760. The van der Waals surface area contributed by atoms with Crippen molar-refractivity contribution in [2.45, 2.75) is 6.42 Å². The molecule has 0 spiro atoms. The lowest BCUT2D eigenvalue weighted by molar-refractivity contribution is 0.407. The summed E-state index contributed by atoms with van der Waals surface area (Å²) in [6, 6.07) is 7.24. The number of benzene rings is 1. The molecule has 84 valence electrons. The fourth-order valence-electron chi connectivity index (χ4n) is 0.939. The summed E-state index contributed by atoms with van der Waals surface area (Å²) in [4.78, 5) is 0. The summed E-state index contributed by atoms with van der Waals surface area (Å²) in [7, 11) is -4.34. The van der Waals surface area contributed by atoms with Crippen LogP contribution in [0.3, 0.4) is 0 Å². The predicted octanol–water partition coefficient (Wildman–Crippen LogP) is 1.28. The number of aryl methyl sites for hydroxylation is 1.